The van der Waals surface area contributed by atoms with E-state index in [1.807, 2.05) is 20.2 Å². The van der Waals surface area contributed by atoms with Gasteiger partial charge in [0.2, 0.25) is 0 Å². The third-order valence-electron chi connectivity index (χ3n) is 4.00. The molecule has 2 aromatic carbocycles. The van der Waals surface area contributed by atoms with E-state index in [1.54, 1.807) is 14.2 Å². The number of methoxy groups -OCH3 is 1. The first-order valence-electron chi connectivity index (χ1n) is 8.37. The van der Waals surface area contributed by atoms with Crippen LogP contribution in [0.4, 0.5) is 5.69 Å². The van der Waals surface area contributed by atoms with Gasteiger partial charge in [-0.2, -0.15) is 0 Å². The molecule has 2 N–H and O–H groups in total. The van der Waals surface area contributed by atoms with Gasteiger partial charge in [0.15, 0.2) is 5.96 Å². The van der Waals surface area contributed by atoms with E-state index in [9.17, 15) is 0 Å². The van der Waals surface area contributed by atoms with Crippen LogP contribution in [0.2, 0.25) is 0 Å². The summed E-state index contributed by atoms with van der Waals surface area (Å²) in [6.45, 7) is 3.43. The van der Waals surface area contributed by atoms with Crippen molar-refractivity contribution >= 4 is 35.6 Å². The van der Waals surface area contributed by atoms with Crippen LogP contribution in [-0.2, 0) is 13.1 Å². The molecule has 0 saturated heterocycles. The quantitative estimate of drug-likeness (QED) is 0.387. The molecule has 0 bridgehead atoms. The molecule has 0 atom stereocenters. The number of ether oxygens (including phenoxy) is 1. The van der Waals surface area contributed by atoms with Crippen LogP contribution >= 0.6 is 24.0 Å². The highest BCUT2D eigenvalue weighted by atomic mass is 127. The van der Waals surface area contributed by atoms with Crippen molar-refractivity contribution in [2.75, 3.05) is 33.2 Å². The lowest BCUT2D eigenvalue weighted by atomic mass is 10.1. The van der Waals surface area contributed by atoms with E-state index in [0.29, 0.717) is 13.1 Å². The lowest BCUT2D eigenvalue weighted by molar-refractivity contribution is 0.408. The number of rotatable bonds is 6. The maximum absolute atomic E-state index is 5.45. The highest BCUT2D eigenvalue weighted by Crippen LogP contribution is 2.19. The fraction of sp³-hybridized carbons (Fsp3) is 0.350. The lowest BCUT2D eigenvalue weighted by Crippen LogP contribution is -2.36. The Balaban J connectivity index is 0.00000338. The Morgan fingerprint density at radius 3 is 2.46 bits per heavy atom. The standard InChI is InChI=1S/C20H28N4O.HI/c1-15-9-10-17(19(11-15)25-5)14-23-20(21-2)22-13-16-7-6-8-18(12-16)24(3)4;/h6-12H,13-14H2,1-5H3,(H2,21,22,23);1H. The summed E-state index contributed by atoms with van der Waals surface area (Å²) in [5.41, 5.74) is 4.68. The second-order valence-corrected chi connectivity index (χ2v) is 6.16. The Kier molecular flexibility index (Phi) is 9.26. The number of guanidine groups is 1. The number of aliphatic imine (C=N–C) groups is 1. The minimum atomic E-state index is 0. The molecule has 5 nitrogen and oxygen atoms in total. The second-order valence-electron chi connectivity index (χ2n) is 6.16. The highest BCUT2D eigenvalue weighted by Gasteiger charge is 2.05. The van der Waals surface area contributed by atoms with Crippen LogP contribution in [0.5, 0.6) is 5.75 Å². The molecule has 0 aliphatic carbocycles. The van der Waals surface area contributed by atoms with Crippen molar-refractivity contribution in [1.29, 1.82) is 0 Å². The Labute approximate surface area is 173 Å². The molecule has 0 unspecified atom stereocenters. The van der Waals surface area contributed by atoms with E-state index in [4.69, 9.17) is 4.74 Å². The van der Waals surface area contributed by atoms with Crippen molar-refractivity contribution < 1.29 is 4.74 Å². The van der Waals surface area contributed by atoms with Gasteiger partial charge in [0.25, 0.3) is 0 Å². The fourth-order valence-electron chi connectivity index (χ4n) is 2.53. The zero-order valence-corrected chi connectivity index (χ0v) is 18.5. The smallest absolute Gasteiger partial charge is 0.191 e. The molecule has 0 heterocycles. The Morgan fingerprint density at radius 2 is 1.81 bits per heavy atom. The molecule has 0 fully saturated rings. The summed E-state index contributed by atoms with van der Waals surface area (Å²) in [5.74, 6) is 1.65. The molecule has 2 aromatic rings. The zero-order chi connectivity index (χ0) is 18.2. The van der Waals surface area contributed by atoms with Crippen LogP contribution in [0.25, 0.3) is 0 Å². The summed E-state index contributed by atoms with van der Waals surface area (Å²) in [5, 5.41) is 6.69. The first-order valence-corrected chi connectivity index (χ1v) is 8.37. The van der Waals surface area contributed by atoms with E-state index in [2.05, 4.69) is 63.8 Å². The number of anilines is 1. The Morgan fingerprint density at radius 1 is 1.08 bits per heavy atom. The summed E-state index contributed by atoms with van der Waals surface area (Å²) in [4.78, 5) is 6.39. The molecule has 0 amide bonds. The maximum atomic E-state index is 5.45. The van der Waals surface area contributed by atoms with Crippen LogP contribution in [0.1, 0.15) is 16.7 Å². The molecule has 0 aliphatic heterocycles. The molecule has 26 heavy (non-hydrogen) atoms. The third-order valence-corrected chi connectivity index (χ3v) is 4.00. The van der Waals surface area contributed by atoms with Gasteiger partial charge in [-0.3, -0.25) is 4.99 Å². The maximum Gasteiger partial charge on any atom is 0.191 e. The van der Waals surface area contributed by atoms with Gasteiger partial charge in [-0.05, 0) is 36.2 Å². The SMILES string of the molecule is CN=C(NCc1cccc(N(C)C)c1)NCc1ccc(C)cc1OC.I. The van der Waals surface area contributed by atoms with Crippen molar-refractivity contribution in [2.45, 2.75) is 20.0 Å². The summed E-state index contributed by atoms with van der Waals surface area (Å²) in [6, 6.07) is 14.6. The van der Waals surface area contributed by atoms with Crippen molar-refractivity contribution in [1.82, 2.24) is 10.6 Å². The molecule has 0 spiro atoms. The van der Waals surface area contributed by atoms with E-state index >= 15 is 0 Å². The molecule has 0 radical (unpaired) electrons. The predicted molar refractivity (Wildman–Crippen MR) is 121 cm³/mol. The number of benzene rings is 2. The van der Waals surface area contributed by atoms with E-state index < -0.39 is 0 Å². The molecular weight excluding hydrogens is 439 g/mol. The Bertz CT molecular complexity index is 732. The minimum absolute atomic E-state index is 0. The van der Waals surface area contributed by atoms with Crippen LogP contribution in [-0.4, -0.2) is 34.2 Å². The fourth-order valence-corrected chi connectivity index (χ4v) is 2.53. The van der Waals surface area contributed by atoms with E-state index in [1.165, 1.54) is 16.8 Å². The van der Waals surface area contributed by atoms with Gasteiger partial charge in [-0.1, -0.05) is 24.3 Å². The zero-order valence-electron chi connectivity index (χ0n) is 16.2. The number of nitrogens with zero attached hydrogens (tertiary/aromatic N) is 2. The molecule has 0 saturated carbocycles. The number of hydrogen-bond acceptors (Lipinski definition) is 3. The topological polar surface area (TPSA) is 48.9 Å². The monoisotopic (exact) mass is 468 g/mol. The van der Waals surface area contributed by atoms with E-state index in [-0.39, 0.29) is 24.0 Å². The van der Waals surface area contributed by atoms with Gasteiger partial charge in [-0.25, -0.2) is 0 Å². The molecular formula is C20H29IN4O. The molecule has 0 aliphatic rings. The van der Waals surface area contributed by atoms with Gasteiger partial charge in [0, 0.05) is 45.5 Å². The number of aryl methyl sites for hydroxylation is 1. The van der Waals surface area contributed by atoms with Gasteiger partial charge in [-0.15, -0.1) is 24.0 Å². The lowest BCUT2D eigenvalue weighted by Gasteiger charge is -2.16. The van der Waals surface area contributed by atoms with E-state index in [0.717, 1.165) is 17.3 Å². The minimum Gasteiger partial charge on any atom is -0.496 e. The van der Waals surface area contributed by atoms with Crippen LogP contribution < -0.4 is 20.3 Å². The molecule has 0 aromatic heterocycles. The van der Waals surface area contributed by atoms with Crippen molar-refractivity contribution in [3.8, 4) is 5.75 Å². The second kappa shape index (κ2) is 10.9. The molecule has 142 valence electrons. The number of hydrogen-bond donors (Lipinski definition) is 2. The average molecular weight is 468 g/mol. The number of nitrogens with one attached hydrogen (secondary N) is 2. The molecule has 6 heteroatoms. The van der Waals surface area contributed by atoms with Crippen LogP contribution in [0.15, 0.2) is 47.5 Å². The summed E-state index contributed by atoms with van der Waals surface area (Å²) in [6.07, 6.45) is 0. The van der Waals surface area contributed by atoms with Crippen molar-refractivity contribution in [2.24, 2.45) is 4.99 Å². The number of halogens is 1. The van der Waals surface area contributed by atoms with Crippen molar-refractivity contribution in [3.63, 3.8) is 0 Å². The van der Waals surface area contributed by atoms with Gasteiger partial charge in [0.05, 0.1) is 7.11 Å². The van der Waals surface area contributed by atoms with Crippen LogP contribution in [0.3, 0.4) is 0 Å². The van der Waals surface area contributed by atoms with Gasteiger partial charge in [0.1, 0.15) is 5.75 Å². The summed E-state index contributed by atoms with van der Waals surface area (Å²) < 4.78 is 5.45. The predicted octanol–water partition coefficient (Wildman–Crippen LogP) is 3.55. The largest absolute Gasteiger partial charge is 0.496 e. The van der Waals surface area contributed by atoms with Crippen molar-refractivity contribution in [3.05, 3.63) is 59.2 Å². The average Bonchev–Trinajstić information content (AvgIpc) is 2.62. The summed E-state index contributed by atoms with van der Waals surface area (Å²) in [7, 11) is 7.56. The first kappa shape index (κ1) is 22.1. The first-order chi connectivity index (χ1) is 12.0. The van der Waals surface area contributed by atoms with Gasteiger partial charge < -0.3 is 20.3 Å². The van der Waals surface area contributed by atoms with Gasteiger partial charge >= 0.3 is 0 Å². The third kappa shape index (κ3) is 6.40. The molecule has 2 rings (SSSR count). The van der Waals surface area contributed by atoms with Crippen LogP contribution in [0, 0.1) is 6.92 Å². The summed E-state index contributed by atoms with van der Waals surface area (Å²) >= 11 is 0. The Hall–Kier alpha value is -1.96. The normalized spacial score (nSPS) is 10.7. The highest BCUT2D eigenvalue weighted by molar-refractivity contribution is 14.0.